The summed E-state index contributed by atoms with van der Waals surface area (Å²) in [6, 6.07) is 6.00. The van der Waals surface area contributed by atoms with E-state index in [-0.39, 0.29) is 12.3 Å². The zero-order chi connectivity index (χ0) is 9.84. The lowest BCUT2D eigenvalue weighted by Gasteiger charge is -2.07. The van der Waals surface area contributed by atoms with Gasteiger partial charge in [-0.3, -0.25) is 4.79 Å². The molecule has 1 rings (SSSR count). The average Bonchev–Trinajstić information content (AvgIpc) is 2.17. The van der Waals surface area contributed by atoms with Crippen LogP contribution in [0.5, 0.6) is 0 Å². The number of nitrogen functional groups attached to an aromatic ring is 1. The van der Waals surface area contributed by atoms with Crippen LogP contribution in [-0.2, 0) is 0 Å². The van der Waals surface area contributed by atoms with Crippen molar-refractivity contribution in [3.8, 4) is 0 Å². The molecule has 0 heterocycles. The molecule has 0 aromatic heterocycles. The van der Waals surface area contributed by atoms with Gasteiger partial charge in [0.25, 0.3) is 0 Å². The van der Waals surface area contributed by atoms with Crippen LogP contribution in [0.3, 0.4) is 0 Å². The summed E-state index contributed by atoms with van der Waals surface area (Å²) >= 11 is 0. The third-order valence-electron chi connectivity index (χ3n) is 1.79. The summed E-state index contributed by atoms with van der Waals surface area (Å²) in [5.41, 5.74) is 17.4. The van der Waals surface area contributed by atoms with E-state index in [1.807, 2.05) is 0 Å². The van der Waals surface area contributed by atoms with Crippen LogP contribution in [0.1, 0.15) is 10.4 Å². The molecule has 0 spiro atoms. The Hall–Kier alpha value is -1.39. The number of anilines is 1. The van der Waals surface area contributed by atoms with Gasteiger partial charge in [-0.05, 0) is 24.3 Å². The van der Waals surface area contributed by atoms with Crippen molar-refractivity contribution in [2.45, 2.75) is 6.04 Å². The highest BCUT2D eigenvalue weighted by Gasteiger charge is 2.12. The van der Waals surface area contributed by atoms with E-state index < -0.39 is 6.04 Å². The smallest absolute Gasteiger partial charge is 0.180 e. The van der Waals surface area contributed by atoms with E-state index in [9.17, 15) is 4.79 Å². The minimum Gasteiger partial charge on any atom is -0.399 e. The van der Waals surface area contributed by atoms with Gasteiger partial charge in [0.1, 0.15) is 0 Å². The van der Waals surface area contributed by atoms with Crippen molar-refractivity contribution in [2.75, 3.05) is 12.3 Å². The van der Waals surface area contributed by atoms with Crippen LogP contribution in [-0.4, -0.2) is 18.4 Å². The third-order valence-corrected chi connectivity index (χ3v) is 1.79. The zero-order valence-corrected chi connectivity index (χ0v) is 7.23. The van der Waals surface area contributed by atoms with E-state index in [2.05, 4.69) is 0 Å². The molecule has 0 aliphatic heterocycles. The highest BCUT2D eigenvalue weighted by Crippen LogP contribution is 2.06. The fourth-order valence-electron chi connectivity index (χ4n) is 0.969. The van der Waals surface area contributed by atoms with Gasteiger partial charge in [0.05, 0.1) is 6.04 Å². The van der Waals surface area contributed by atoms with Crippen LogP contribution in [0.2, 0.25) is 0 Å². The molecule has 1 unspecified atom stereocenters. The van der Waals surface area contributed by atoms with Crippen molar-refractivity contribution in [2.24, 2.45) is 11.5 Å². The molecule has 0 saturated heterocycles. The van der Waals surface area contributed by atoms with Gasteiger partial charge in [0.15, 0.2) is 5.78 Å². The molecule has 0 fully saturated rings. The molecule has 4 nitrogen and oxygen atoms in total. The van der Waals surface area contributed by atoms with Crippen LogP contribution in [0.25, 0.3) is 0 Å². The number of ketones is 1. The lowest BCUT2D eigenvalue weighted by atomic mass is 10.0. The van der Waals surface area contributed by atoms with Crippen molar-refractivity contribution in [1.29, 1.82) is 0 Å². The molecule has 6 N–H and O–H groups in total. The largest absolute Gasteiger partial charge is 0.399 e. The van der Waals surface area contributed by atoms with Crippen molar-refractivity contribution in [1.82, 2.24) is 0 Å². The first kappa shape index (κ1) is 9.70. The van der Waals surface area contributed by atoms with Crippen molar-refractivity contribution in [3.63, 3.8) is 0 Å². The maximum Gasteiger partial charge on any atom is 0.180 e. The third kappa shape index (κ3) is 2.27. The lowest BCUT2D eigenvalue weighted by Crippen LogP contribution is -2.37. The van der Waals surface area contributed by atoms with Gasteiger partial charge in [0.2, 0.25) is 0 Å². The molecular weight excluding hydrogens is 166 g/mol. The first-order valence-corrected chi connectivity index (χ1v) is 4.00. The maximum atomic E-state index is 11.4. The first-order valence-electron chi connectivity index (χ1n) is 4.00. The number of nitrogens with two attached hydrogens (primary N) is 3. The van der Waals surface area contributed by atoms with Gasteiger partial charge in [-0.15, -0.1) is 0 Å². The molecule has 1 atom stereocenters. The second-order valence-corrected chi connectivity index (χ2v) is 2.83. The van der Waals surface area contributed by atoms with Crippen LogP contribution in [0.15, 0.2) is 24.3 Å². The lowest BCUT2D eigenvalue weighted by molar-refractivity contribution is 0.0964. The number of carbonyl (C=O) groups is 1. The standard InChI is InChI=1S/C9H13N3O/c10-5-8(12)9(13)6-1-3-7(11)4-2-6/h1-4,8H,5,10-12H2. The minimum atomic E-state index is -0.622. The van der Waals surface area contributed by atoms with Crippen molar-refractivity contribution < 1.29 is 4.79 Å². The first-order chi connectivity index (χ1) is 6.15. The van der Waals surface area contributed by atoms with E-state index >= 15 is 0 Å². The van der Waals surface area contributed by atoms with Crippen LogP contribution < -0.4 is 17.2 Å². The summed E-state index contributed by atoms with van der Waals surface area (Å²) < 4.78 is 0. The number of Topliss-reactive ketones (excluding diaryl/α,β-unsaturated/α-hetero) is 1. The Morgan fingerprint density at radius 1 is 1.31 bits per heavy atom. The van der Waals surface area contributed by atoms with Gasteiger partial charge in [-0.2, -0.15) is 0 Å². The number of carbonyl (C=O) groups excluding carboxylic acids is 1. The van der Waals surface area contributed by atoms with Gasteiger partial charge in [-0.1, -0.05) is 0 Å². The molecule has 70 valence electrons. The second kappa shape index (κ2) is 4.02. The summed E-state index contributed by atoms with van der Waals surface area (Å²) in [4.78, 5) is 11.4. The van der Waals surface area contributed by atoms with E-state index in [1.165, 1.54) is 0 Å². The molecule has 0 aliphatic rings. The number of hydrogen-bond acceptors (Lipinski definition) is 4. The van der Waals surface area contributed by atoms with Crippen LogP contribution >= 0.6 is 0 Å². The molecule has 0 radical (unpaired) electrons. The van der Waals surface area contributed by atoms with E-state index in [0.717, 1.165) is 0 Å². The number of rotatable bonds is 3. The van der Waals surface area contributed by atoms with Gasteiger partial charge in [0, 0.05) is 17.8 Å². The Morgan fingerprint density at radius 3 is 2.31 bits per heavy atom. The zero-order valence-electron chi connectivity index (χ0n) is 7.23. The Bertz CT molecular complexity index is 294. The summed E-state index contributed by atoms with van der Waals surface area (Å²) in [5, 5.41) is 0. The summed E-state index contributed by atoms with van der Waals surface area (Å²) in [5.74, 6) is -0.150. The van der Waals surface area contributed by atoms with E-state index in [4.69, 9.17) is 17.2 Å². The second-order valence-electron chi connectivity index (χ2n) is 2.83. The Labute approximate surface area is 76.7 Å². The number of benzene rings is 1. The molecule has 4 heteroatoms. The molecule has 1 aromatic carbocycles. The normalized spacial score (nSPS) is 12.5. The molecule has 13 heavy (non-hydrogen) atoms. The molecule has 0 amide bonds. The topological polar surface area (TPSA) is 95.1 Å². The molecular formula is C9H13N3O. The highest BCUT2D eigenvalue weighted by molar-refractivity contribution is 6.00. The Kier molecular flexibility index (Phi) is 3.00. The molecule has 1 aromatic rings. The molecule has 0 saturated carbocycles. The average molecular weight is 179 g/mol. The Balaban J connectivity index is 2.83. The predicted octanol–water partition coefficient (Wildman–Crippen LogP) is -0.262. The maximum absolute atomic E-state index is 11.4. The summed E-state index contributed by atoms with van der Waals surface area (Å²) in [6.45, 7) is 0.156. The summed E-state index contributed by atoms with van der Waals surface area (Å²) in [6.07, 6.45) is 0. The van der Waals surface area contributed by atoms with Crippen LogP contribution in [0.4, 0.5) is 5.69 Å². The van der Waals surface area contributed by atoms with Gasteiger partial charge in [-0.25, -0.2) is 0 Å². The SMILES string of the molecule is NCC(N)C(=O)c1ccc(N)cc1. The fourth-order valence-corrected chi connectivity index (χ4v) is 0.969. The van der Waals surface area contributed by atoms with Crippen LogP contribution in [0, 0.1) is 0 Å². The molecule has 0 aliphatic carbocycles. The number of hydrogen-bond donors (Lipinski definition) is 3. The predicted molar refractivity (Wildman–Crippen MR) is 52.2 cm³/mol. The monoisotopic (exact) mass is 179 g/mol. The van der Waals surface area contributed by atoms with E-state index in [1.54, 1.807) is 24.3 Å². The van der Waals surface area contributed by atoms with Crippen molar-refractivity contribution in [3.05, 3.63) is 29.8 Å². The highest BCUT2D eigenvalue weighted by atomic mass is 16.1. The van der Waals surface area contributed by atoms with E-state index in [0.29, 0.717) is 11.3 Å². The summed E-state index contributed by atoms with van der Waals surface area (Å²) in [7, 11) is 0. The fraction of sp³-hybridized carbons (Fsp3) is 0.222. The van der Waals surface area contributed by atoms with Gasteiger partial charge >= 0.3 is 0 Å². The van der Waals surface area contributed by atoms with Crippen molar-refractivity contribution >= 4 is 11.5 Å². The quantitative estimate of drug-likeness (QED) is 0.440. The minimum absolute atomic E-state index is 0.150. The van der Waals surface area contributed by atoms with Gasteiger partial charge < -0.3 is 17.2 Å². The Morgan fingerprint density at radius 2 is 1.85 bits per heavy atom. The molecule has 0 bridgehead atoms.